The number of furan rings is 1. The lowest BCUT2D eigenvalue weighted by atomic mass is 9.91. The van der Waals surface area contributed by atoms with Crippen LogP contribution in [0.1, 0.15) is 11.4 Å². The van der Waals surface area contributed by atoms with E-state index in [-0.39, 0.29) is 0 Å². The molecule has 0 bridgehead atoms. The molecule has 4 aromatic heterocycles. The summed E-state index contributed by atoms with van der Waals surface area (Å²) in [4.78, 5) is 20.9. The molecule has 0 saturated carbocycles. The molecule has 0 amide bonds. The molecule has 12 aromatic rings. The van der Waals surface area contributed by atoms with Crippen molar-refractivity contribution >= 4 is 43.7 Å². The summed E-state index contributed by atoms with van der Waals surface area (Å²) in [6.07, 6.45) is 2.41. The molecule has 0 N–H and O–H groups in total. The molecule has 296 valence electrons. The normalized spacial score (nSPS) is 11.6. The number of rotatable bonds is 8. The van der Waals surface area contributed by atoms with Crippen LogP contribution in [-0.2, 0) is 6.42 Å². The molecule has 0 saturated heterocycles. The van der Waals surface area contributed by atoms with E-state index in [1.165, 1.54) is 0 Å². The number of nitrogens with zero attached hydrogens (tertiary/aromatic N) is 5. The van der Waals surface area contributed by atoms with Crippen LogP contribution in [0.15, 0.2) is 217 Å². The Balaban J connectivity index is 1.15. The summed E-state index contributed by atoms with van der Waals surface area (Å²) in [5, 5.41) is 4.37. The van der Waals surface area contributed by atoms with Gasteiger partial charge in [0.25, 0.3) is 0 Å². The second-order valence-corrected chi connectivity index (χ2v) is 15.8. The molecule has 4 heterocycles. The number of aromatic nitrogens is 5. The van der Waals surface area contributed by atoms with Gasteiger partial charge in [-0.15, -0.1) is 0 Å². The van der Waals surface area contributed by atoms with Gasteiger partial charge in [0.05, 0.1) is 16.4 Å². The maximum Gasteiger partial charge on any atom is 0.163 e. The smallest absolute Gasteiger partial charge is 0.163 e. The van der Waals surface area contributed by atoms with E-state index in [4.69, 9.17) is 24.4 Å². The molecule has 0 aliphatic heterocycles. The van der Waals surface area contributed by atoms with E-state index < -0.39 is 0 Å². The predicted octanol–water partition coefficient (Wildman–Crippen LogP) is 14.2. The zero-order valence-corrected chi connectivity index (χ0v) is 34.1. The summed E-state index contributed by atoms with van der Waals surface area (Å²) in [5.41, 5.74) is 13.2. The van der Waals surface area contributed by atoms with Crippen molar-refractivity contribution in [1.29, 1.82) is 0 Å². The van der Waals surface area contributed by atoms with Gasteiger partial charge in [-0.05, 0) is 64.2 Å². The number of para-hydroxylation sites is 2. The van der Waals surface area contributed by atoms with E-state index in [1.807, 2.05) is 79.0 Å². The first-order chi connectivity index (χ1) is 31.2. The first-order valence-corrected chi connectivity index (χ1v) is 21.2. The summed E-state index contributed by atoms with van der Waals surface area (Å²) in [6.45, 7) is 0. The molecule has 0 aliphatic carbocycles. The fourth-order valence-corrected chi connectivity index (χ4v) is 9.03. The highest BCUT2D eigenvalue weighted by Crippen LogP contribution is 2.42. The standard InChI is InChI=1S/C57H37N5O/c1-5-17-37(18-6-1)41-29-30-44(38-19-7-2-8-20-38)48(34-41)43-33-42(35-52-59-55(39-21-9-3-10-22-39)61-56(60-52)40-23-11-4-12-24-40)57(58-36-43)62-49-27-15-13-25-45(49)46-31-32-51-53(54(46)62)47-26-14-16-28-50(47)63-51/h1-34,36H,35H2. The highest BCUT2D eigenvalue weighted by Gasteiger charge is 2.23. The Morgan fingerprint density at radius 2 is 1.02 bits per heavy atom. The van der Waals surface area contributed by atoms with Gasteiger partial charge in [-0.1, -0.05) is 170 Å². The van der Waals surface area contributed by atoms with Crippen LogP contribution in [0.4, 0.5) is 0 Å². The third-order valence-corrected chi connectivity index (χ3v) is 11.9. The van der Waals surface area contributed by atoms with E-state index in [2.05, 4.69) is 138 Å². The molecule has 6 heteroatoms. The highest BCUT2D eigenvalue weighted by atomic mass is 16.3. The van der Waals surface area contributed by atoms with Gasteiger partial charge in [-0.3, -0.25) is 4.57 Å². The quantitative estimate of drug-likeness (QED) is 0.153. The minimum atomic E-state index is 0.382. The van der Waals surface area contributed by atoms with E-state index in [9.17, 15) is 0 Å². The number of fused-ring (bicyclic) bond motifs is 7. The van der Waals surface area contributed by atoms with Crippen LogP contribution in [0.5, 0.6) is 0 Å². The van der Waals surface area contributed by atoms with Crippen molar-refractivity contribution in [2.24, 2.45) is 0 Å². The van der Waals surface area contributed by atoms with Gasteiger partial charge >= 0.3 is 0 Å². The number of hydrogen-bond acceptors (Lipinski definition) is 5. The fraction of sp³-hybridized carbons (Fsp3) is 0.0175. The number of benzene rings is 8. The molecule has 0 atom stereocenters. The molecule has 0 aliphatic rings. The van der Waals surface area contributed by atoms with Crippen LogP contribution in [0.25, 0.3) is 106 Å². The Labute approximate surface area is 363 Å². The number of hydrogen-bond donors (Lipinski definition) is 0. The first-order valence-electron chi connectivity index (χ1n) is 21.2. The Kier molecular flexibility index (Phi) is 8.78. The Hall–Kier alpha value is -8.48. The van der Waals surface area contributed by atoms with Gasteiger partial charge in [0.2, 0.25) is 0 Å². The molecule has 0 radical (unpaired) electrons. The summed E-state index contributed by atoms with van der Waals surface area (Å²) < 4.78 is 8.83. The summed E-state index contributed by atoms with van der Waals surface area (Å²) in [6, 6.07) is 71.6. The average Bonchev–Trinajstić information content (AvgIpc) is 3.91. The van der Waals surface area contributed by atoms with E-state index >= 15 is 0 Å². The van der Waals surface area contributed by atoms with Crippen molar-refractivity contribution in [2.45, 2.75) is 6.42 Å². The van der Waals surface area contributed by atoms with Crippen molar-refractivity contribution in [3.8, 4) is 62.0 Å². The molecule has 63 heavy (non-hydrogen) atoms. The minimum absolute atomic E-state index is 0.382. The Morgan fingerprint density at radius 1 is 0.413 bits per heavy atom. The van der Waals surface area contributed by atoms with Crippen molar-refractivity contribution in [3.63, 3.8) is 0 Å². The van der Waals surface area contributed by atoms with Crippen molar-refractivity contribution < 1.29 is 4.42 Å². The third-order valence-electron chi connectivity index (χ3n) is 11.9. The molecule has 12 rings (SSSR count). The SMILES string of the molecule is c1ccc(-c2ccc(-c3ccccc3)c(-c3cnc(-n4c5ccccc5c5ccc6oc7ccccc7c6c54)c(Cc4nc(-c5ccccc5)nc(-c5ccccc5)n4)c3)c2)cc1. The van der Waals surface area contributed by atoms with Crippen LogP contribution in [0.3, 0.4) is 0 Å². The second kappa shape index (κ2) is 15.2. The first kappa shape index (κ1) is 36.4. The fourth-order valence-electron chi connectivity index (χ4n) is 9.03. The lowest BCUT2D eigenvalue weighted by molar-refractivity contribution is 0.669. The zero-order chi connectivity index (χ0) is 41.7. The molecule has 0 fully saturated rings. The van der Waals surface area contributed by atoms with E-state index in [1.54, 1.807) is 0 Å². The van der Waals surface area contributed by atoms with Gasteiger partial charge in [-0.25, -0.2) is 19.9 Å². The van der Waals surface area contributed by atoms with Crippen molar-refractivity contribution in [2.75, 3.05) is 0 Å². The lowest BCUT2D eigenvalue weighted by Gasteiger charge is -2.17. The molecule has 0 unspecified atom stereocenters. The summed E-state index contributed by atoms with van der Waals surface area (Å²) in [7, 11) is 0. The monoisotopic (exact) mass is 807 g/mol. The van der Waals surface area contributed by atoms with Crippen LogP contribution >= 0.6 is 0 Å². The summed E-state index contributed by atoms with van der Waals surface area (Å²) >= 11 is 0. The van der Waals surface area contributed by atoms with Crippen LogP contribution < -0.4 is 0 Å². The van der Waals surface area contributed by atoms with Crippen molar-refractivity contribution in [3.05, 3.63) is 224 Å². The van der Waals surface area contributed by atoms with Crippen LogP contribution in [0, 0.1) is 0 Å². The van der Waals surface area contributed by atoms with Crippen LogP contribution in [0.2, 0.25) is 0 Å². The maximum atomic E-state index is 6.50. The lowest BCUT2D eigenvalue weighted by Crippen LogP contribution is -2.08. The highest BCUT2D eigenvalue weighted by molar-refractivity contribution is 6.24. The zero-order valence-electron chi connectivity index (χ0n) is 34.1. The molecule has 8 aromatic carbocycles. The average molecular weight is 808 g/mol. The van der Waals surface area contributed by atoms with Gasteiger partial charge < -0.3 is 4.42 Å². The predicted molar refractivity (Wildman–Crippen MR) is 256 cm³/mol. The van der Waals surface area contributed by atoms with Crippen LogP contribution in [-0.4, -0.2) is 24.5 Å². The van der Waals surface area contributed by atoms with E-state index in [0.29, 0.717) is 23.9 Å². The third kappa shape index (κ3) is 6.44. The molecular weight excluding hydrogens is 771 g/mol. The molecule has 6 nitrogen and oxygen atoms in total. The Morgan fingerprint density at radius 3 is 1.71 bits per heavy atom. The largest absolute Gasteiger partial charge is 0.456 e. The maximum absolute atomic E-state index is 6.50. The molecular formula is C57H37N5O. The summed E-state index contributed by atoms with van der Waals surface area (Å²) in [5.74, 6) is 2.68. The van der Waals surface area contributed by atoms with Gasteiger partial charge in [0, 0.05) is 51.0 Å². The minimum Gasteiger partial charge on any atom is -0.456 e. The molecule has 0 spiro atoms. The topological polar surface area (TPSA) is 69.6 Å². The van der Waals surface area contributed by atoms with Gasteiger partial charge in [-0.2, -0.15) is 0 Å². The second-order valence-electron chi connectivity index (χ2n) is 15.8. The van der Waals surface area contributed by atoms with E-state index in [0.717, 1.165) is 99.6 Å². The number of pyridine rings is 1. The Bertz CT molecular complexity index is 3580. The van der Waals surface area contributed by atoms with Gasteiger partial charge in [0.15, 0.2) is 11.6 Å². The van der Waals surface area contributed by atoms with Crippen molar-refractivity contribution in [1.82, 2.24) is 24.5 Å². The van der Waals surface area contributed by atoms with Gasteiger partial charge in [0.1, 0.15) is 22.8 Å².